The van der Waals surface area contributed by atoms with Crippen LogP contribution in [0.5, 0.6) is 0 Å². The van der Waals surface area contributed by atoms with E-state index < -0.39 is 0 Å². The summed E-state index contributed by atoms with van der Waals surface area (Å²) in [6, 6.07) is 74.9. The van der Waals surface area contributed by atoms with Crippen LogP contribution in [0, 0.1) is 0 Å². The highest BCUT2D eigenvalue weighted by Gasteiger charge is 2.21. The molecule has 0 atom stereocenters. The van der Waals surface area contributed by atoms with E-state index in [1.54, 1.807) is 0 Å². The van der Waals surface area contributed by atoms with Crippen LogP contribution in [0.25, 0.3) is 110 Å². The van der Waals surface area contributed by atoms with Crippen LogP contribution in [0.3, 0.4) is 0 Å². The van der Waals surface area contributed by atoms with Gasteiger partial charge in [-0.25, -0.2) is 0 Å². The Balaban J connectivity index is 1.24. The van der Waals surface area contributed by atoms with Crippen molar-refractivity contribution in [1.82, 2.24) is 9.97 Å². The predicted octanol–water partition coefficient (Wildman–Crippen LogP) is 15.1. The second kappa shape index (κ2) is 14.1. The Bertz CT molecular complexity index is 3080. The Morgan fingerprint density at radius 3 is 0.983 bits per heavy atom. The van der Waals surface area contributed by atoms with Crippen molar-refractivity contribution >= 4 is 43.1 Å². The topological polar surface area (TPSA) is 25.8 Å². The minimum Gasteiger partial charge on any atom is -0.256 e. The van der Waals surface area contributed by atoms with Crippen LogP contribution < -0.4 is 0 Å². The zero-order valence-corrected chi connectivity index (χ0v) is 31.7. The highest BCUT2D eigenvalue weighted by atomic mass is 14.7. The van der Waals surface area contributed by atoms with E-state index in [9.17, 15) is 0 Å². The van der Waals surface area contributed by atoms with Crippen molar-refractivity contribution in [3.05, 3.63) is 219 Å². The van der Waals surface area contributed by atoms with E-state index in [-0.39, 0.29) is 0 Å². The van der Waals surface area contributed by atoms with Crippen LogP contribution >= 0.6 is 0 Å². The van der Waals surface area contributed by atoms with Gasteiger partial charge in [0, 0.05) is 23.5 Å². The monoisotopic (exact) mass is 736 g/mol. The molecule has 58 heavy (non-hydrogen) atoms. The van der Waals surface area contributed by atoms with Gasteiger partial charge in [-0.05, 0) is 136 Å². The molecule has 0 saturated carbocycles. The average Bonchev–Trinajstić information content (AvgIpc) is 3.31. The van der Waals surface area contributed by atoms with Crippen molar-refractivity contribution in [3.8, 4) is 67.0 Å². The third-order valence-electron chi connectivity index (χ3n) is 11.6. The van der Waals surface area contributed by atoms with Gasteiger partial charge in [0.05, 0.1) is 11.4 Å². The van der Waals surface area contributed by atoms with Crippen molar-refractivity contribution in [3.63, 3.8) is 0 Å². The molecule has 270 valence electrons. The van der Waals surface area contributed by atoms with Crippen LogP contribution in [0.2, 0.25) is 0 Å². The predicted molar refractivity (Wildman–Crippen MR) is 245 cm³/mol. The lowest BCUT2D eigenvalue weighted by molar-refractivity contribution is 1.33. The molecule has 0 bridgehead atoms. The van der Waals surface area contributed by atoms with Crippen LogP contribution in [-0.2, 0) is 0 Å². The minimum atomic E-state index is 0.960. The maximum Gasteiger partial charge on any atom is 0.0701 e. The standard InChI is InChI=1S/C56H36N2/c1-3-15-43-41(13-1)33-51(47-19-7-5-17-45(43)47)53-36-54(52-34-42-14-2-4-16-44(42)46-18-6-8-20-48(46)52)50(38-25-29-40(30-26-38)56-22-10-12-32-58-56)35-49(53)37-23-27-39(28-24-37)55-21-9-11-31-57-55/h1-36H. The zero-order valence-electron chi connectivity index (χ0n) is 31.7. The fraction of sp³-hybridized carbons (Fsp3) is 0. The summed E-state index contributed by atoms with van der Waals surface area (Å²) in [5.74, 6) is 0. The van der Waals surface area contributed by atoms with E-state index >= 15 is 0 Å². The molecule has 0 spiro atoms. The minimum absolute atomic E-state index is 0.960. The van der Waals surface area contributed by atoms with Gasteiger partial charge >= 0.3 is 0 Å². The van der Waals surface area contributed by atoms with Crippen molar-refractivity contribution in [1.29, 1.82) is 0 Å². The number of benzene rings is 9. The summed E-state index contributed by atoms with van der Waals surface area (Å²) in [5, 5.41) is 9.92. The number of aromatic nitrogens is 2. The van der Waals surface area contributed by atoms with Crippen molar-refractivity contribution in [2.45, 2.75) is 0 Å². The molecule has 2 aromatic heterocycles. The second-order valence-corrected chi connectivity index (χ2v) is 14.9. The molecular formula is C56H36N2. The Labute approximate surface area is 337 Å². The molecule has 0 aliphatic heterocycles. The summed E-state index contributed by atoms with van der Waals surface area (Å²) in [4.78, 5) is 9.30. The number of pyridine rings is 2. The van der Waals surface area contributed by atoms with Gasteiger partial charge in [-0.15, -0.1) is 0 Å². The van der Waals surface area contributed by atoms with Crippen molar-refractivity contribution in [2.24, 2.45) is 0 Å². The first-order chi connectivity index (χ1) is 28.8. The molecule has 0 aliphatic rings. The lowest BCUT2D eigenvalue weighted by Gasteiger charge is -2.21. The molecule has 11 rings (SSSR count). The SMILES string of the molecule is c1ccc(-c2ccc(-c3cc(-c4ccc(-c5ccccn5)cc4)c(-c4cc5ccccc5c5ccccc45)cc3-c3cc4ccccc4c4ccccc34)cc2)nc1. The normalized spacial score (nSPS) is 11.4. The quantitative estimate of drug-likeness (QED) is 0.159. The van der Waals surface area contributed by atoms with Crippen LogP contribution in [0.15, 0.2) is 219 Å². The lowest BCUT2D eigenvalue weighted by atomic mass is 9.82. The molecule has 0 saturated heterocycles. The van der Waals surface area contributed by atoms with E-state index in [2.05, 4.69) is 192 Å². The molecule has 2 heterocycles. The first-order valence-corrected chi connectivity index (χ1v) is 19.8. The molecule has 0 radical (unpaired) electrons. The highest BCUT2D eigenvalue weighted by Crippen LogP contribution is 2.47. The number of nitrogens with zero attached hydrogens (tertiary/aromatic N) is 2. The third kappa shape index (κ3) is 5.82. The van der Waals surface area contributed by atoms with Crippen molar-refractivity contribution in [2.75, 3.05) is 0 Å². The van der Waals surface area contributed by atoms with Gasteiger partial charge in [-0.3, -0.25) is 9.97 Å². The largest absolute Gasteiger partial charge is 0.256 e. The van der Waals surface area contributed by atoms with E-state index in [1.165, 1.54) is 76.5 Å². The van der Waals surface area contributed by atoms with E-state index in [0.29, 0.717) is 0 Å². The summed E-state index contributed by atoms with van der Waals surface area (Å²) in [6.45, 7) is 0. The van der Waals surface area contributed by atoms with Gasteiger partial charge in [-0.1, -0.05) is 158 Å². The maximum atomic E-state index is 4.65. The van der Waals surface area contributed by atoms with E-state index in [4.69, 9.17) is 0 Å². The summed E-state index contributed by atoms with van der Waals surface area (Å²) < 4.78 is 0. The van der Waals surface area contributed by atoms with Gasteiger partial charge in [0.15, 0.2) is 0 Å². The van der Waals surface area contributed by atoms with Crippen LogP contribution in [-0.4, -0.2) is 9.97 Å². The molecule has 11 aromatic rings. The summed E-state index contributed by atoms with van der Waals surface area (Å²) >= 11 is 0. The summed E-state index contributed by atoms with van der Waals surface area (Å²) in [5.41, 5.74) is 13.5. The molecule has 0 fully saturated rings. The van der Waals surface area contributed by atoms with Gasteiger partial charge in [0.2, 0.25) is 0 Å². The first-order valence-electron chi connectivity index (χ1n) is 19.8. The fourth-order valence-electron chi connectivity index (χ4n) is 8.79. The van der Waals surface area contributed by atoms with Gasteiger partial charge < -0.3 is 0 Å². The molecule has 9 aromatic carbocycles. The summed E-state index contributed by atoms with van der Waals surface area (Å²) in [7, 11) is 0. The Morgan fingerprint density at radius 1 is 0.224 bits per heavy atom. The molecule has 0 N–H and O–H groups in total. The molecule has 0 amide bonds. The van der Waals surface area contributed by atoms with Crippen molar-refractivity contribution < 1.29 is 0 Å². The third-order valence-corrected chi connectivity index (χ3v) is 11.6. The molecule has 0 aliphatic carbocycles. The smallest absolute Gasteiger partial charge is 0.0701 e. The van der Waals surface area contributed by atoms with E-state index in [1.807, 2.05) is 36.7 Å². The second-order valence-electron chi connectivity index (χ2n) is 14.9. The number of rotatable bonds is 6. The lowest BCUT2D eigenvalue weighted by Crippen LogP contribution is -1.95. The molecule has 0 unspecified atom stereocenters. The molecular weight excluding hydrogens is 701 g/mol. The van der Waals surface area contributed by atoms with Crippen LogP contribution in [0.4, 0.5) is 0 Å². The van der Waals surface area contributed by atoms with Crippen LogP contribution in [0.1, 0.15) is 0 Å². The highest BCUT2D eigenvalue weighted by molar-refractivity contribution is 6.18. The maximum absolute atomic E-state index is 4.65. The number of fused-ring (bicyclic) bond motifs is 6. The fourth-order valence-corrected chi connectivity index (χ4v) is 8.79. The summed E-state index contributed by atoms with van der Waals surface area (Å²) in [6.07, 6.45) is 3.71. The zero-order chi connectivity index (χ0) is 38.4. The molecule has 2 heteroatoms. The van der Waals surface area contributed by atoms with Gasteiger partial charge in [-0.2, -0.15) is 0 Å². The average molecular weight is 737 g/mol. The van der Waals surface area contributed by atoms with Gasteiger partial charge in [0.25, 0.3) is 0 Å². The Morgan fingerprint density at radius 2 is 0.569 bits per heavy atom. The number of hydrogen-bond donors (Lipinski definition) is 0. The first kappa shape index (κ1) is 33.6. The number of hydrogen-bond acceptors (Lipinski definition) is 2. The Kier molecular flexibility index (Phi) is 8.19. The molecule has 2 nitrogen and oxygen atoms in total. The van der Waals surface area contributed by atoms with Gasteiger partial charge in [0.1, 0.15) is 0 Å². The van der Waals surface area contributed by atoms with E-state index in [0.717, 1.165) is 33.6 Å². The Hall–Kier alpha value is -7.68.